The van der Waals surface area contributed by atoms with Crippen LogP contribution in [0.15, 0.2) is 34.1 Å². The summed E-state index contributed by atoms with van der Waals surface area (Å²) in [6.45, 7) is 0.599. The van der Waals surface area contributed by atoms with Crippen molar-refractivity contribution < 1.29 is 13.2 Å². The molecule has 21 heavy (non-hydrogen) atoms. The van der Waals surface area contributed by atoms with E-state index in [1.165, 1.54) is 17.4 Å². The van der Waals surface area contributed by atoms with Gasteiger partial charge in [0.2, 0.25) is 0 Å². The summed E-state index contributed by atoms with van der Waals surface area (Å²) in [5.74, 6) is 0. The third-order valence-corrected chi connectivity index (χ3v) is 5.44. The number of fused-ring (bicyclic) bond motifs is 1. The molecule has 3 aromatic rings. The van der Waals surface area contributed by atoms with Crippen LogP contribution in [0.4, 0.5) is 18.3 Å². The van der Waals surface area contributed by atoms with Crippen molar-refractivity contribution in [2.75, 3.05) is 5.32 Å². The largest absolute Gasteiger partial charge is 0.416 e. The average Bonchev–Trinajstić information content (AvgIpc) is 2.99. The predicted molar refractivity (Wildman–Crippen MR) is 84.0 cm³/mol. The molecular formula is C13H8BrF3N2S2. The normalized spacial score (nSPS) is 12.0. The number of benzene rings is 1. The summed E-state index contributed by atoms with van der Waals surface area (Å²) in [6, 6.07) is 5.62. The van der Waals surface area contributed by atoms with E-state index in [9.17, 15) is 13.2 Å². The molecule has 0 aliphatic heterocycles. The number of thiophene rings is 1. The van der Waals surface area contributed by atoms with Crippen molar-refractivity contribution in [2.45, 2.75) is 12.7 Å². The number of aromatic nitrogens is 1. The number of nitrogens with zero attached hydrogens (tertiary/aromatic N) is 1. The molecule has 0 radical (unpaired) electrons. The number of anilines is 1. The molecule has 2 nitrogen and oxygen atoms in total. The monoisotopic (exact) mass is 392 g/mol. The zero-order chi connectivity index (χ0) is 15.0. The Hall–Kier alpha value is -1.12. The molecular weight excluding hydrogens is 385 g/mol. The average molecular weight is 393 g/mol. The van der Waals surface area contributed by atoms with Gasteiger partial charge in [0.15, 0.2) is 5.13 Å². The second-order valence-electron chi connectivity index (χ2n) is 4.28. The van der Waals surface area contributed by atoms with Crippen molar-refractivity contribution >= 4 is 54.0 Å². The van der Waals surface area contributed by atoms with E-state index in [1.807, 2.05) is 11.4 Å². The lowest BCUT2D eigenvalue weighted by atomic mass is 10.2. The minimum absolute atomic E-state index is 0.365. The molecule has 3 rings (SSSR count). The summed E-state index contributed by atoms with van der Waals surface area (Å²) < 4.78 is 39.7. The minimum Gasteiger partial charge on any atom is -0.357 e. The van der Waals surface area contributed by atoms with E-state index in [-0.39, 0.29) is 0 Å². The smallest absolute Gasteiger partial charge is 0.357 e. The van der Waals surface area contributed by atoms with E-state index in [1.54, 1.807) is 11.3 Å². The zero-order valence-electron chi connectivity index (χ0n) is 10.4. The van der Waals surface area contributed by atoms with Gasteiger partial charge in [-0.15, -0.1) is 11.3 Å². The molecule has 0 aliphatic carbocycles. The Labute approximate surface area is 134 Å². The number of thiazole rings is 1. The molecule has 0 saturated carbocycles. The van der Waals surface area contributed by atoms with Crippen LogP contribution < -0.4 is 5.32 Å². The fourth-order valence-corrected chi connectivity index (χ4v) is 4.02. The van der Waals surface area contributed by atoms with Crippen LogP contribution in [0.5, 0.6) is 0 Å². The highest BCUT2D eigenvalue weighted by Gasteiger charge is 2.30. The summed E-state index contributed by atoms with van der Waals surface area (Å²) in [5, 5.41) is 5.73. The summed E-state index contributed by atoms with van der Waals surface area (Å²) in [4.78, 5) is 5.33. The van der Waals surface area contributed by atoms with Crippen LogP contribution in [0.2, 0.25) is 0 Å². The number of hydrogen-bond donors (Lipinski definition) is 1. The molecule has 0 saturated heterocycles. The number of hydrogen-bond acceptors (Lipinski definition) is 4. The Balaban J connectivity index is 1.80. The summed E-state index contributed by atoms with van der Waals surface area (Å²) in [6.07, 6.45) is -4.34. The third kappa shape index (κ3) is 3.38. The first-order valence-electron chi connectivity index (χ1n) is 5.86. The van der Waals surface area contributed by atoms with Gasteiger partial charge in [0.05, 0.1) is 22.3 Å². The van der Waals surface area contributed by atoms with Crippen molar-refractivity contribution in [3.63, 3.8) is 0 Å². The lowest BCUT2D eigenvalue weighted by Gasteiger charge is -2.04. The van der Waals surface area contributed by atoms with Crippen LogP contribution in [0, 0.1) is 0 Å². The predicted octanol–water partition coefficient (Wildman–Crippen LogP) is 5.75. The number of alkyl halides is 3. The van der Waals surface area contributed by atoms with Crippen LogP contribution in [0.3, 0.4) is 0 Å². The number of halogens is 4. The van der Waals surface area contributed by atoms with E-state index in [2.05, 4.69) is 26.2 Å². The summed E-state index contributed by atoms with van der Waals surface area (Å²) >= 11 is 6.32. The lowest BCUT2D eigenvalue weighted by molar-refractivity contribution is -0.137. The zero-order valence-corrected chi connectivity index (χ0v) is 13.6. The first-order chi connectivity index (χ1) is 9.91. The Kier molecular flexibility index (Phi) is 3.94. The minimum atomic E-state index is -4.34. The second-order valence-corrected chi connectivity index (χ2v) is 7.23. The molecule has 0 atom stereocenters. The molecule has 2 aromatic heterocycles. The Morgan fingerprint density at radius 3 is 2.71 bits per heavy atom. The van der Waals surface area contributed by atoms with Gasteiger partial charge in [0, 0.05) is 14.7 Å². The molecule has 8 heteroatoms. The Bertz CT molecular complexity index is 779. The third-order valence-electron chi connectivity index (χ3n) is 2.75. The van der Waals surface area contributed by atoms with Gasteiger partial charge >= 0.3 is 6.18 Å². The van der Waals surface area contributed by atoms with Gasteiger partial charge in [-0.05, 0) is 40.2 Å². The Morgan fingerprint density at radius 2 is 2.05 bits per heavy atom. The van der Waals surface area contributed by atoms with Gasteiger partial charge in [-0.2, -0.15) is 13.2 Å². The fraction of sp³-hybridized carbons (Fsp3) is 0.154. The molecule has 0 spiro atoms. The first kappa shape index (κ1) is 14.8. The van der Waals surface area contributed by atoms with E-state index in [0.29, 0.717) is 17.2 Å². The van der Waals surface area contributed by atoms with E-state index in [4.69, 9.17) is 0 Å². The van der Waals surface area contributed by atoms with Crippen molar-refractivity contribution in [2.24, 2.45) is 0 Å². The standard InChI is InChI=1S/C13H8BrF3N2S2/c14-8-4-9(20-6-8)5-18-12-19-10-3-7(13(15,16)17)1-2-11(10)21-12/h1-4,6H,5H2,(H,18,19). The molecule has 110 valence electrons. The quantitative estimate of drug-likeness (QED) is 0.613. The van der Waals surface area contributed by atoms with Crippen LogP contribution in [-0.4, -0.2) is 4.98 Å². The number of rotatable bonds is 3. The first-order valence-corrected chi connectivity index (χ1v) is 8.35. The molecule has 0 unspecified atom stereocenters. The maximum absolute atomic E-state index is 12.7. The van der Waals surface area contributed by atoms with Gasteiger partial charge < -0.3 is 5.32 Å². The van der Waals surface area contributed by atoms with Gasteiger partial charge in [-0.25, -0.2) is 4.98 Å². The Morgan fingerprint density at radius 1 is 1.24 bits per heavy atom. The van der Waals surface area contributed by atoms with Crippen molar-refractivity contribution in [1.29, 1.82) is 0 Å². The highest BCUT2D eigenvalue weighted by Crippen LogP contribution is 2.34. The highest BCUT2D eigenvalue weighted by molar-refractivity contribution is 9.10. The van der Waals surface area contributed by atoms with E-state index >= 15 is 0 Å². The lowest BCUT2D eigenvalue weighted by Crippen LogP contribution is -2.04. The van der Waals surface area contributed by atoms with Gasteiger partial charge in [0.25, 0.3) is 0 Å². The SMILES string of the molecule is FC(F)(F)c1ccc2sc(NCc3cc(Br)cs3)nc2c1. The molecule has 0 fully saturated rings. The molecule has 0 bridgehead atoms. The van der Waals surface area contributed by atoms with Crippen LogP contribution in [0.25, 0.3) is 10.2 Å². The molecule has 0 aliphatic rings. The molecule has 1 N–H and O–H groups in total. The topological polar surface area (TPSA) is 24.9 Å². The molecule has 0 amide bonds. The van der Waals surface area contributed by atoms with Gasteiger partial charge in [0.1, 0.15) is 0 Å². The van der Waals surface area contributed by atoms with Crippen LogP contribution >= 0.6 is 38.6 Å². The summed E-state index contributed by atoms with van der Waals surface area (Å²) in [5.41, 5.74) is -0.307. The van der Waals surface area contributed by atoms with Gasteiger partial charge in [-0.3, -0.25) is 0 Å². The van der Waals surface area contributed by atoms with Crippen molar-refractivity contribution in [1.82, 2.24) is 4.98 Å². The van der Waals surface area contributed by atoms with Crippen molar-refractivity contribution in [3.8, 4) is 0 Å². The second kappa shape index (κ2) is 5.58. The van der Waals surface area contributed by atoms with Gasteiger partial charge in [-0.1, -0.05) is 11.3 Å². The van der Waals surface area contributed by atoms with Crippen molar-refractivity contribution in [3.05, 3.63) is 44.6 Å². The van der Waals surface area contributed by atoms with Crippen LogP contribution in [0.1, 0.15) is 10.4 Å². The molecule has 2 heterocycles. The van der Waals surface area contributed by atoms with E-state index < -0.39 is 11.7 Å². The van der Waals surface area contributed by atoms with Crippen LogP contribution in [-0.2, 0) is 12.7 Å². The van der Waals surface area contributed by atoms with E-state index in [0.717, 1.165) is 26.2 Å². The maximum atomic E-state index is 12.7. The fourth-order valence-electron chi connectivity index (χ4n) is 1.79. The molecule has 1 aromatic carbocycles. The maximum Gasteiger partial charge on any atom is 0.416 e. The number of nitrogens with one attached hydrogen (secondary N) is 1. The highest BCUT2D eigenvalue weighted by atomic mass is 79.9. The summed E-state index contributed by atoms with van der Waals surface area (Å²) in [7, 11) is 0.